The summed E-state index contributed by atoms with van der Waals surface area (Å²) in [6.07, 6.45) is 1.47. The molecule has 0 radical (unpaired) electrons. The summed E-state index contributed by atoms with van der Waals surface area (Å²) in [7, 11) is 0. The number of hydrogen-bond donors (Lipinski definition) is 1. The first-order valence-corrected chi connectivity index (χ1v) is 11.9. The number of rotatable bonds is 3. The van der Waals surface area contributed by atoms with Crippen LogP contribution in [0.15, 0.2) is 57.0 Å². The van der Waals surface area contributed by atoms with E-state index in [1.54, 1.807) is 0 Å². The molecule has 6 nitrogen and oxygen atoms in total. The Balaban J connectivity index is 1.82. The summed E-state index contributed by atoms with van der Waals surface area (Å²) >= 11 is 19.2. The first kappa shape index (κ1) is 23.8. The molecule has 1 aliphatic heterocycles. The van der Waals surface area contributed by atoms with E-state index in [1.807, 2.05) is 42.7 Å². The fourth-order valence-corrected chi connectivity index (χ4v) is 4.99. The summed E-state index contributed by atoms with van der Waals surface area (Å²) in [4.78, 5) is 39.2. The van der Waals surface area contributed by atoms with Gasteiger partial charge < -0.3 is 4.57 Å². The van der Waals surface area contributed by atoms with E-state index in [4.69, 9.17) is 23.2 Å². The number of aromatic nitrogens is 1. The maximum atomic E-state index is 13.3. The molecule has 1 fully saturated rings. The van der Waals surface area contributed by atoms with Gasteiger partial charge in [0.2, 0.25) is 0 Å². The third kappa shape index (κ3) is 4.28. The number of nitrogens with one attached hydrogen (secondary N) is 1. The van der Waals surface area contributed by atoms with Crippen LogP contribution >= 0.6 is 55.1 Å². The number of hydrogen-bond acceptors (Lipinski definition) is 3. The van der Waals surface area contributed by atoms with Crippen LogP contribution in [0.5, 0.6) is 0 Å². The minimum atomic E-state index is -0.884. The fraction of sp³-hybridized carbons (Fsp3) is 0.0870. The van der Waals surface area contributed by atoms with E-state index < -0.39 is 17.8 Å². The number of carbonyl (C=O) groups is 3. The molecule has 0 unspecified atom stereocenters. The molecule has 0 atom stereocenters. The van der Waals surface area contributed by atoms with Gasteiger partial charge in [0.05, 0.1) is 10.7 Å². The van der Waals surface area contributed by atoms with Gasteiger partial charge in [0.25, 0.3) is 11.8 Å². The molecule has 2 heterocycles. The molecule has 4 rings (SSSR count). The number of urea groups is 1. The van der Waals surface area contributed by atoms with Crippen molar-refractivity contribution in [1.29, 1.82) is 0 Å². The van der Waals surface area contributed by atoms with Gasteiger partial charge in [-0.05, 0) is 78.3 Å². The summed E-state index contributed by atoms with van der Waals surface area (Å²) in [5.41, 5.74) is 3.19. The van der Waals surface area contributed by atoms with Crippen LogP contribution in [0, 0.1) is 13.8 Å². The highest BCUT2D eigenvalue weighted by Gasteiger charge is 2.38. The van der Waals surface area contributed by atoms with Crippen molar-refractivity contribution in [2.24, 2.45) is 0 Å². The molecule has 1 saturated heterocycles. The molecule has 1 aliphatic rings. The smallest absolute Gasteiger partial charge is 0.317 e. The van der Waals surface area contributed by atoms with Gasteiger partial charge in [0.1, 0.15) is 5.57 Å². The Hall–Kier alpha value is -2.39. The van der Waals surface area contributed by atoms with Crippen LogP contribution in [0.3, 0.4) is 0 Å². The zero-order valence-electron chi connectivity index (χ0n) is 17.2. The van der Waals surface area contributed by atoms with Crippen molar-refractivity contribution in [2.45, 2.75) is 13.8 Å². The van der Waals surface area contributed by atoms with E-state index in [1.165, 1.54) is 24.3 Å². The van der Waals surface area contributed by atoms with Gasteiger partial charge in [-0.25, -0.2) is 9.69 Å². The van der Waals surface area contributed by atoms with Crippen LogP contribution in [-0.4, -0.2) is 22.4 Å². The highest BCUT2D eigenvalue weighted by molar-refractivity contribution is 9.10. The highest BCUT2D eigenvalue weighted by Crippen LogP contribution is 2.35. The summed E-state index contributed by atoms with van der Waals surface area (Å²) in [6.45, 7) is 3.81. The Morgan fingerprint density at radius 3 is 2.24 bits per heavy atom. The van der Waals surface area contributed by atoms with Crippen LogP contribution in [-0.2, 0) is 9.59 Å². The third-order valence-electron chi connectivity index (χ3n) is 5.24. The largest absolute Gasteiger partial charge is 0.335 e. The molecule has 0 aliphatic carbocycles. The van der Waals surface area contributed by atoms with Gasteiger partial charge in [-0.15, -0.1) is 0 Å². The average molecular weight is 612 g/mol. The Morgan fingerprint density at radius 2 is 1.61 bits per heavy atom. The van der Waals surface area contributed by atoms with E-state index in [0.717, 1.165) is 30.9 Å². The van der Waals surface area contributed by atoms with Gasteiger partial charge in [-0.3, -0.25) is 14.9 Å². The zero-order chi connectivity index (χ0) is 24.0. The summed E-state index contributed by atoms with van der Waals surface area (Å²) < 4.78 is 3.68. The third-order valence-corrected chi connectivity index (χ3v) is 7.31. The van der Waals surface area contributed by atoms with E-state index in [0.29, 0.717) is 10.6 Å². The van der Waals surface area contributed by atoms with E-state index in [-0.39, 0.29) is 16.3 Å². The number of benzene rings is 2. The van der Waals surface area contributed by atoms with E-state index in [9.17, 15) is 14.4 Å². The van der Waals surface area contributed by atoms with Crippen molar-refractivity contribution in [2.75, 3.05) is 4.90 Å². The average Bonchev–Trinajstić information content (AvgIpc) is 2.96. The molecule has 168 valence electrons. The molecule has 2 aromatic carbocycles. The molecule has 4 amide bonds. The predicted octanol–water partition coefficient (Wildman–Crippen LogP) is 6.59. The number of barbiturate groups is 1. The van der Waals surface area contributed by atoms with Gasteiger partial charge in [-0.2, -0.15) is 0 Å². The second-order valence-corrected chi connectivity index (χ2v) is 9.82. The van der Waals surface area contributed by atoms with Crippen molar-refractivity contribution in [1.82, 2.24) is 9.88 Å². The topological polar surface area (TPSA) is 71.4 Å². The van der Waals surface area contributed by atoms with Gasteiger partial charge in [0, 0.05) is 36.6 Å². The number of anilines is 1. The molecule has 0 spiro atoms. The number of imide groups is 2. The summed E-state index contributed by atoms with van der Waals surface area (Å²) in [5, 5.41) is 2.67. The van der Waals surface area contributed by atoms with Gasteiger partial charge in [-0.1, -0.05) is 39.1 Å². The highest BCUT2D eigenvalue weighted by atomic mass is 79.9. The molecular weight excluding hydrogens is 597 g/mol. The molecule has 3 aromatic rings. The minimum Gasteiger partial charge on any atom is -0.317 e. The second kappa shape index (κ2) is 9.10. The molecule has 0 saturated carbocycles. The second-order valence-electron chi connectivity index (χ2n) is 7.26. The first-order chi connectivity index (χ1) is 15.6. The maximum absolute atomic E-state index is 13.3. The number of halogens is 4. The predicted molar refractivity (Wildman–Crippen MR) is 136 cm³/mol. The maximum Gasteiger partial charge on any atom is 0.335 e. The molecule has 1 N–H and O–H groups in total. The SMILES string of the molecule is Cc1c(Br)c(/C=C2\C(=O)NC(=O)N(c3ccc(Cl)cc3Cl)C2=O)c(C)n1-c1ccc(Br)cc1. The van der Waals surface area contributed by atoms with Gasteiger partial charge in [0.15, 0.2) is 0 Å². The molecule has 33 heavy (non-hydrogen) atoms. The standard InChI is InChI=1S/C23H15Br2Cl2N3O3/c1-11-16(20(25)12(2)29(11)15-6-3-13(24)4-7-15)10-17-21(31)28-23(33)30(22(17)32)19-8-5-14(26)9-18(19)27/h3-10H,1-2H3,(H,28,31,33)/b17-10+. The number of nitrogens with zero attached hydrogens (tertiary/aromatic N) is 2. The zero-order valence-corrected chi connectivity index (χ0v) is 21.9. The Bertz CT molecular complexity index is 1360. The minimum absolute atomic E-state index is 0.106. The molecule has 0 bridgehead atoms. The Labute approximate surface area is 216 Å². The Morgan fingerprint density at radius 1 is 0.939 bits per heavy atom. The normalized spacial score (nSPS) is 15.4. The van der Waals surface area contributed by atoms with E-state index in [2.05, 4.69) is 37.2 Å². The lowest BCUT2D eigenvalue weighted by Gasteiger charge is -2.27. The first-order valence-electron chi connectivity index (χ1n) is 9.60. The summed E-state index contributed by atoms with van der Waals surface area (Å²) in [6, 6.07) is 11.3. The van der Waals surface area contributed by atoms with Crippen LogP contribution in [0.25, 0.3) is 11.8 Å². The van der Waals surface area contributed by atoms with Crippen molar-refractivity contribution < 1.29 is 14.4 Å². The molecular formula is C23H15Br2Cl2N3O3. The van der Waals surface area contributed by atoms with Crippen molar-refractivity contribution in [3.63, 3.8) is 0 Å². The van der Waals surface area contributed by atoms with Crippen molar-refractivity contribution in [3.05, 3.63) is 84.0 Å². The summed E-state index contributed by atoms with van der Waals surface area (Å²) in [5.74, 6) is -1.57. The number of amides is 4. The molecule has 1 aromatic heterocycles. The molecule has 10 heteroatoms. The monoisotopic (exact) mass is 609 g/mol. The van der Waals surface area contributed by atoms with Crippen LogP contribution in [0.4, 0.5) is 10.5 Å². The van der Waals surface area contributed by atoms with Crippen molar-refractivity contribution in [3.8, 4) is 5.69 Å². The van der Waals surface area contributed by atoms with Crippen LogP contribution < -0.4 is 10.2 Å². The fourth-order valence-electron chi connectivity index (χ4n) is 3.65. The lowest BCUT2D eigenvalue weighted by atomic mass is 10.1. The van der Waals surface area contributed by atoms with Crippen LogP contribution in [0.1, 0.15) is 17.0 Å². The van der Waals surface area contributed by atoms with E-state index >= 15 is 0 Å². The quantitative estimate of drug-likeness (QED) is 0.268. The van der Waals surface area contributed by atoms with Crippen molar-refractivity contribution >= 4 is 84.7 Å². The van der Waals surface area contributed by atoms with Crippen LogP contribution in [0.2, 0.25) is 10.0 Å². The Kier molecular flexibility index (Phi) is 6.55. The number of carbonyl (C=O) groups excluding carboxylic acids is 3. The van der Waals surface area contributed by atoms with Gasteiger partial charge >= 0.3 is 6.03 Å². The lowest BCUT2D eigenvalue weighted by molar-refractivity contribution is -0.122. The lowest BCUT2D eigenvalue weighted by Crippen LogP contribution is -2.54.